The topological polar surface area (TPSA) is 46.2 Å². The molecular weight excluding hydrogens is 206 g/mol. The quantitative estimate of drug-likeness (QED) is 0.811. The van der Waals surface area contributed by atoms with Crippen LogP contribution in [-0.4, -0.2) is 17.8 Å². The average Bonchev–Trinajstić information content (AvgIpc) is 2.65. The number of thiophene rings is 1. The van der Waals surface area contributed by atoms with Crippen molar-refractivity contribution in [1.29, 1.82) is 0 Å². The average molecular weight is 227 g/mol. The first-order valence-corrected chi connectivity index (χ1v) is 6.34. The van der Waals surface area contributed by atoms with E-state index in [0.717, 1.165) is 6.42 Å². The number of aliphatic hydroxyl groups excluding tert-OH is 1. The molecule has 0 radical (unpaired) electrons. The Morgan fingerprint density at radius 3 is 2.47 bits per heavy atom. The highest BCUT2D eigenvalue weighted by Crippen LogP contribution is 2.40. The lowest BCUT2D eigenvalue weighted by Gasteiger charge is -2.40. The van der Waals surface area contributed by atoms with Crippen molar-refractivity contribution in [2.45, 2.75) is 38.6 Å². The van der Waals surface area contributed by atoms with Gasteiger partial charge in [-0.25, -0.2) is 0 Å². The van der Waals surface area contributed by atoms with Crippen LogP contribution in [-0.2, 0) is 5.41 Å². The van der Waals surface area contributed by atoms with E-state index in [4.69, 9.17) is 5.73 Å². The third-order valence-electron chi connectivity index (χ3n) is 3.35. The molecule has 0 saturated heterocycles. The van der Waals surface area contributed by atoms with Gasteiger partial charge >= 0.3 is 0 Å². The van der Waals surface area contributed by atoms with Gasteiger partial charge in [-0.15, -0.1) is 11.3 Å². The second kappa shape index (κ2) is 5.10. The molecule has 1 heterocycles. The molecule has 1 aromatic heterocycles. The van der Waals surface area contributed by atoms with Crippen molar-refractivity contribution < 1.29 is 5.11 Å². The minimum absolute atomic E-state index is 0.0586. The van der Waals surface area contributed by atoms with Crippen LogP contribution in [0.4, 0.5) is 0 Å². The van der Waals surface area contributed by atoms with Gasteiger partial charge in [0.05, 0.1) is 0 Å². The van der Waals surface area contributed by atoms with Crippen molar-refractivity contribution >= 4 is 11.3 Å². The summed E-state index contributed by atoms with van der Waals surface area (Å²) >= 11 is 1.74. The van der Waals surface area contributed by atoms with Crippen LogP contribution in [0.2, 0.25) is 0 Å². The van der Waals surface area contributed by atoms with Gasteiger partial charge in [-0.05, 0) is 30.7 Å². The number of rotatable bonds is 5. The van der Waals surface area contributed by atoms with Crippen molar-refractivity contribution in [2.24, 2.45) is 11.7 Å². The number of hydrogen-bond acceptors (Lipinski definition) is 3. The Morgan fingerprint density at radius 1 is 1.47 bits per heavy atom. The number of aliphatic hydroxyl groups is 1. The minimum Gasteiger partial charge on any atom is -0.396 e. The molecule has 0 aliphatic heterocycles. The summed E-state index contributed by atoms with van der Waals surface area (Å²) in [5, 5.41) is 11.3. The first kappa shape index (κ1) is 12.7. The van der Waals surface area contributed by atoms with Gasteiger partial charge in [0, 0.05) is 22.9 Å². The SMILES string of the molecule is CC(C)C(CCO)(c1cccs1)C(C)N. The maximum absolute atomic E-state index is 9.25. The van der Waals surface area contributed by atoms with E-state index in [1.54, 1.807) is 11.3 Å². The van der Waals surface area contributed by atoms with E-state index in [2.05, 4.69) is 31.4 Å². The molecule has 15 heavy (non-hydrogen) atoms. The van der Waals surface area contributed by atoms with E-state index < -0.39 is 0 Å². The van der Waals surface area contributed by atoms with E-state index in [9.17, 15) is 5.11 Å². The summed E-state index contributed by atoms with van der Waals surface area (Å²) in [4.78, 5) is 1.29. The molecule has 0 amide bonds. The van der Waals surface area contributed by atoms with Crippen LogP contribution in [0.5, 0.6) is 0 Å². The molecule has 2 unspecified atom stereocenters. The summed E-state index contributed by atoms with van der Waals surface area (Å²) in [5.41, 5.74) is 6.06. The molecule has 2 nitrogen and oxygen atoms in total. The van der Waals surface area contributed by atoms with E-state index in [-0.39, 0.29) is 18.1 Å². The second-order valence-electron chi connectivity index (χ2n) is 4.43. The number of nitrogens with two attached hydrogens (primary N) is 1. The summed E-state index contributed by atoms with van der Waals surface area (Å²) in [6.45, 7) is 6.59. The zero-order valence-corrected chi connectivity index (χ0v) is 10.6. The Labute approximate surface area is 96.1 Å². The largest absolute Gasteiger partial charge is 0.396 e. The highest BCUT2D eigenvalue weighted by Gasteiger charge is 2.39. The van der Waals surface area contributed by atoms with Crippen molar-refractivity contribution in [3.63, 3.8) is 0 Å². The van der Waals surface area contributed by atoms with Gasteiger partial charge in [-0.3, -0.25) is 0 Å². The summed E-state index contributed by atoms with van der Waals surface area (Å²) < 4.78 is 0. The molecule has 2 atom stereocenters. The summed E-state index contributed by atoms with van der Waals surface area (Å²) in [5.74, 6) is 0.434. The maximum atomic E-state index is 9.25. The predicted octanol–water partition coefficient (Wildman–Crippen LogP) is 2.37. The van der Waals surface area contributed by atoms with Gasteiger partial charge in [-0.1, -0.05) is 19.9 Å². The second-order valence-corrected chi connectivity index (χ2v) is 5.38. The lowest BCUT2D eigenvalue weighted by Crippen LogP contribution is -2.47. The Kier molecular flexibility index (Phi) is 4.32. The Balaban J connectivity index is 3.14. The van der Waals surface area contributed by atoms with Crippen LogP contribution < -0.4 is 5.73 Å². The van der Waals surface area contributed by atoms with E-state index in [1.165, 1.54) is 4.88 Å². The molecule has 3 heteroatoms. The molecule has 0 bridgehead atoms. The van der Waals surface area contributed by atoms with Crippen LogP contribution in [0.3, 0.4) is 0 Å². The first-order chi connectivity index (χ1) is 7.05. The van der Waals surface area contributed by atoms with Crippen LogP contribution in [0, 0.1) is 5.92 Å². The molecular formula is C12H21NOS. The van der Waals surface area contributed by atoms with Gasteiger partial charge in [-0.2, -0.15) is 0 Å². The molecule has 0 aromatic carbocycles. The molecule has 3 N–H and O–H groups in total. The molecule has 86 valence electrons. The summed E-state index contributed by atoms with van der Waals surface area (Å²) in [7, 11) is 0. The lowest BCUT2D eigenvalue weighted by molar-refractivity contribution is 0.179. The number of hydrogen-bond donors (Lipinski definition) is 2. The Morgan fingerprint density at radius 2 is 2.13 bits per heavy atom. The molecule has 0 spiro atoms. The van der Waals surface area contributed by atoms with Gasteiger partial charge in [0.1, 0.15) is 0 Å². The maximum Gasteiger partial charge on any atom is 0.0440 e. The fourth-order valence-corrected chi connectivity index (χ4v) is 3.61. The van der Waals surface area contributed by atoms with Gasteiger partial charge in [0.2, 0.25) is 0 Å². The Hall–Kier alpha value is -0.380. The van der Waals surface area contributed by atoms with Gasteiger partial charge in [0.15, 0.2) is 0 Å². The molecule has 0 aliphatic rings. The summed E-state index contributed by atoms with van der Waals surface area (Å²) in [6.07, 6.45) is 0.739. The summed E-state index contributed by atoms with van der Waals surface area (Å²) in [6, 6.07) is 4.24. The van der Waals surface area contributed by atoms with Crippen molar-refractivity contribution in [3.05, 3.63) is 22.4 Å². The van der Waals surface area contributed by atoms with E-state index in [0.29, 0.717) is 5.92 Å². The monoisotopic (exact) mass is 227 g/mol. The fraction of sp³-hybridized carbons (Fsp3) is 0.667. The van der Waals surface area contributed by atoms with Crippen LogP contribution in [0.25, 0.3) is 0 Å². The zero-order chi connectivity index (χ0) is 11.5. The highest BCUT2D eigenvalue weighted by molar-refractivity contribution is 7.10. The van der Waals surface area contributed by atoms with Crippen LogP contribution in [0.15, 0.2) is 17.5 Å². The third kappa shape index (κ3) is 2.25. The smallest absolute Gasteiger partial charge is 0.0440 e. The third-order valence-corrected chi connectivity index (χ3v) is 4.41. The molecule has 0 fully saturated rings. The zero-order valence-electron chi connectivity index (χ0n) is 9.73. The molecule has 1 rings (SSSR count). The normalized spacial score (nSPS) is 17.7. The predicted molar refractivity (Wildman–Crippen MR) is 66.2 cm³/mol. The lowest BCUT2D eigenvalue weighted by atomic mass is 9.69. The van der Waals surface area contributed by atoms with Crippen LogP contribution >= 0.6 is 11.3 Å². The highest BCUT2D eigenvalue weighted by atomic mass is 32.1. The van der Waals surface area contributed by atoms with Gasteiger partial charge < -0.3 is 10.8 Å². The van der Waals surface area contributed by atoms with Crippen molar-refractivity contribution in [3.8, 4) is 0 Å². The van der Waals surface area contributed by atoms with Crippen LogP contribution in [0.1, 0.15) is 32.1 Å². The standard InChI is InChI=1S/C12H21NOS/c1-9(2)12(6-7-14,10(3)13)11-5-4-8-15-11/h4-5,8-10,14H,6-7,13H2,1-3H3. The van der Waals surface area contributed by atoms with E-state index in [1.807, 2.05) is 6.92 Å². The fourth-order valence-electron chi connectivity index (χ4n) is 2.40. The minimum atomic E-state index is -0.0804. The van der Waals surface area contributed by atoms with E-state index >= 15 is 0 Å². The first-order valence-electron chi connectivity index (χ1n) is 5.46. The van der Waals surface area contributed by atoms with Crippen molar-refractivity contribution in [2.75, 3.05) is 6.61 Å². The Bertz CT molecular complexity index is 272. The molecule has 0 saturated carbocycles. The molecule has 0 aliphatic carbocycles. The van der Waals surface area contributed by atoms with Gasteiger partial charge in [0.25, 0.3) is 0 Å². The van der Waals surface area contributed by atoms with Crippen molar-refractivity contribution in [1.82, 2.24) is 0 Å². The molecule has 1 aromatic rings.